The Bertz CT molecular complexity index is 861. The molecule has 0 radical (unpaired) electrons. The van der Waals surface area contributed by atoms with Gasteiger partial charge in [-0.25, -0.2) is 0 Å². The third-order valence-corrected chi connectivity index (χ3v) is 4.16. The molecule has 9 heteroatoms. The summed E-state index contributed by atoms with van der Waals surface area (Å²) in [5.41, 5.74) is 0. The molecule has 0 saturated carbocycles. The van der Waals surface area contributed by atoms with Gasteiger partial charge in [0.1, 0.15) is 36.2 Å². The summed E-state index contributed by atoms with van der Waals surface area (Å²) in [6.45, 7) is -0.566. The second kappa shape index (κ2) is 11.5. The van der Waals surface area contributed by atoms with E-state index in [0.29, 0.717) is 40.2 Å². The van der Waals surface area contributed by atoms with Gasteiger partial charge in [-0.2, -0.15) is 0 Å². The topological polar surface area (TPSA) is 98.8 Å². The van der Waals surface area contributed by atoms with Crippen molar-refractivity contribution in [2.75, 3.05) is 48.8 Å². The number of rotatable bonds is 13. The zero-order valence-corrected chi connectivity index (χ0v) is 18.2. The summed E-state index contributed by atoms with van der Waals surface area (Å²) in [5, 5.41) is 0. The summed E-state index contributed by atoms with van der Waals surface area (Å²) in [7, 11) is 7.46. The Morgan fingerprint density at radius 3 is 1.39 bits per heavy atom. The quantitative estimate of drug-likeness (QED) is 0.441. The van der Waals surface area contributed by atoms with Crippen LogP contribution in [0.15, 0.2) is 30.3 Å². The molecular weight excluding hydrogens is 408 g/mol. The third-order valence-electron chi connectivity index (χ3n) is 4.16. The summed E-state index contributed by atoms with van der Waals surface area (Å²) < 4.78 is 37.0. The first-order valence-corrected chi connectivity index (χ1v) is 9.26. The third kappa shape index (κ3) is 6.70. The van der Waals surface area contributed by atoms with Crippen LogP contribution in [0.25, 0.3) is 0 Å². The Balaban J connectivity index is 1.90. The first kappa shape index (κ1) is 23.7. The highest BCUT2D eigenvalue weighted by atomic mass is 16.5. The summed E-state index contributed by atoms with van der Waals surface area (Å²) in [5.74, 6) is 2.19. The highest BCUT2D eigenvalue weighted by Gasteiger charge is 2.16. The highest BCUT2D eigenvalue weighted by molar-refractivity contribution is 6.00. The van der Waals surface area contributed by atoms with Gasteiger partial charge in [0.25, 0.3) is 0 Å². The lowest BCUT2D eigenvalue weighted by molar-refractivity contribution is -0.129. The molecule has 2 rings (SSSR count). The molecule has 0 saturated heterocycles. The maximum Gasteiger partial charge on any atom is 0.203 e. The lowest BCUT2D eigenvalue weighted by Crippen LogP contribution is -2.20. The molecule has 0 N–H and O–H groups in total. The number of Topliss-reactive ketones (excluding diaryl/α,β-unsaturated/α-hetero) is 2. The summed E-state index contributed by atoms with van der Waals surface area (Å²) in [6.07, 6.45) is -0.328. The van der Waals surface area contributed by atoms with Gasteiger partial charge in [0, 0.05) is 30.3 Å². The minimum atomic E-state index is -0.398. The van der Waals surface area contributed by atoms with Crippen molar-refractivity contribution in [2.24, 2.45) is 0 Å². The zero-order chi connectivity index (χ0) is 22.8. The van der Waals surface area contributed by atoms with Crippen molar-refractivity contribution in [3.63, 3.8) is 0 Å². The maximum atomic E-state index is 12.1. The minimum absolute atomic E-state index is 0.272. The molecule has 168 valence electrons. The monoisotopic (exact) mass is 434 g/mol. The fraction of sp³-hybridized carbons (Fsp3) is 0.364. The Kier molecular flexibility index (Phi) is 8.80. The van der Waals surface area contributed by atoms with Gasteiger partial charge >= 0.3 is 0 Å². The lowest BCUT2D eigenvalue weighted by atomic mass is 10.2. The van der Waals surface area contributed by atoms with Crippen molar-refractivity contribution in [2.45, 2.75) is 6.42 Å². The van der Waals surface area contributed by atoms with Gasteiger partial charge in [-0.1, -0.05) is 0 Å². The molecule has 2 aromatic rings. The number of carbonyl (C=O) groups excluding carboxylic acids is 2. The number of carbonyl (C=O) groups is 2. The van der Waals surface area contributed by atoms with Crippen molar-refractivity contribution in [1.29, 1.82) is 0 Å². The molecule has 9 nitrogen and oxygen atoms in total. The molecule has 0 heterocycles. The van der Waals surface area contributed by atoms with Crippen LogP contribution < -0.4 is 33.2 Å². The molecular formula is C22H26O9. The van der Waals surface area contributed by atoms with Crippen molar-refractivity contribution in [1.82, 2.24) is 0 Å². The van der Waals surface area contributed by atoms with Crippen LogP contribution in [-0.2, 0) is 9.59 Å². The highest BCUT2D eigenvalue weighted by Crippen LogP contribution is 2.40. The molecule has 0 aliphatic heterocycles. The van der Waals surface area contributed by atoms with Crippen LogP contribution in [0.4, 0.5) is 0 Å². The summed E-state index contributed by atoms with van der Waals surface area (Å²) >= 11 is 0. The number of hydrogen-bond acceptors (Lipinski definition) is 9. The van der Waals surface area contributed by atoms with Crippen molar-refractivity contribution in [3.05, 3.63) is 30.3 Å². The van der Waals surface area contributed by atoms with E-state index in [1.54, 1.807) is 30.3 Å². The van der Waals surface area contributed by atoms with Crippen LogP contribution in [0, 0.1) is 0 Å². The Morgan fingerprint density at radius 2 is 1.00 bits per heavy atom. The van der Waals surface area contributed by atoms with Crippen molar-refractivity contribution < 1.29 is 42.7 Å². The van der Waals surface area contributed by atoms with Crippen LogP contribution in [0.5, 0.6) is 40.2 Å². The SMILES string of the molecule is COc1cc(OC)cc(OCC(=O)CC(=O)COc2cc(OC)c(OC)c(OC)c2)c1. The fourth-order valence-electron chi connectivity index (χ4n) is 2.65. The minimum Gasteiger partial charge on any atom is -0.496 e. The normalized spacial score (nSPS) is 10.1. The van der Waals surface area contributed by atoms with Gasteiger partial charge in [0.05, 0.1) is 42.0 Å². The summed E-state index contributed by atoms with van der Waals surface area (Å²) in [6, 6.07) is 8.04. The molecule has 0 spiro atoms. The van der Waals surface area contributed by atoms with Gasteiger partial charge in [0.15, 0.2) is 23.1 Å². The standard InChI is InChI=1S/C22H26O9/c1-25-16-7-17(26-2)9-18(8-16)30-12-14(23)6-15(24)13-31-19-10-20(27-3)22(29-5)21(11-19)28-4/h7-11H,6,12-13H2,1-5H3. The molecule has 0 bridgehead atoms. The van der Waals surface area contributed by atoms with Gasteiger partial charge in [-0.05, 0) is 0 Å². The smallest absolute Gasteiger partial charge is 0.203 e. The molecule has 0 unspecified atom stereocenters. The van der Waals surface area contributed by atoms with E-state index < -0.39 is 5.78 Å². The first-order chi connectivity index (χ1) is 14.9. The van der Waals surface area contributed by atoms with Gasteiger partial charge in [0.2, 0.25) is 5.75 Å². The fourth-order valence-corrected chi connectivity index (χ4v) is 2.65. The number of benzene rings is 2. The van der Waals surface area contributed by atoms with Crippen LogP contribution in [0.3, 0.4) is 0 Å². The largest absolute Gasteiger partial charge is 0.496 e. The van der Waals surface area contributed by atoms with Crippen LogP contribution in [-0.4, -0.2) is 60.3 Å². The number of ether oxygens (including phenoxy) is 7. The number of ketones is 2. The second-order valence-corrected chi connectivity index (χ2v) is 6.24. The Labute approximate surface area is 180 Å². The number of hydrogen-bond donors (Lipinski definition) is 0. The van der Waals surface area contributed by atoms with Crippen molar-refractivity contribution >= 4 is 11.6 Å². The molecule has 0 aliphatic carbocycles. The summed E-state index contributed by atoms with van der Waals surface area (Å²) in [4.78, 5) is 24.3. The molecule has 2 aromatic carbocycles. The van der Waals surface area contributed by atoms with E-state index in [9.17, 15) is 9.59 Å². The van der Waals surface area contributed by atoms with E-state index in [1.807, 2.05) is 0 Å². The van der Waals surface area contributed by atoms with E-state index in [4.69, 9.17) is 33.2 Å². The molecule has 0 amide bonds. The van der Waals surface area contributed by atoms with E-state index in [1.165, 1.54) is 35.5 Å². The predicted octanol–water partition coefficient (Wildman–Crippen LogP) is 2.72. The second-order valence-electron chi connectivity index (χ2n) is 6.24. The molecule has 0 aromatic heterocycles. The van der Waals surface area contributed by atoms with Crippen LogP contribution >= 0.6 is 0 Å². The maximum absolute atomic E-state index is 12.1. The Morgan fingerprint density at radius 1 is 0.581 bits per heavy atom. The molecule has 0 aliphatic rings. The van der Waals surface area contributed by atoms with E-state index in [0.717, 1.165) is 0 Å². The van der Waals surface area contributed by atoms with Gasteiger partial charge < -0.3 is 33.2 Å². The Hall–Kier alpha value is -3.62. The average molecular weight is 434 g/mol. The van der Waals surface area contributed by atoms with E-state index in [2.05, 4.69) is 0 Å². The van der Waals surface area contributed by atoms with Crippen molar-refractivity contribution in [3.8, 4) is 40.2 Å². The van der Waals surface area contributed by atoms with E-state index in [-0.39, 0.29) is 25.4 Å². The zero-order valence-electron chi connectivity index (χ0n) is 18.2. The van der Waals surface area contributed by atoms with Crippen LogP contribution in [0.2, 0.25) is 0 Å². The molecule has 31 heavy (non-hydrogen) atoms. The lowest BCUT2D eigenvalue weighted by Gasteiger charge is -2.14. The van der Waals surface area contributed by atoms with E-state index >= 15 is 0 Å². The molecule has 0 atom stereocenters. The van der Waals surface area contributed by atoms with Gasteiger partial charge in [-0.15, -0.1) is 0 Å². The average Bonchev–Trinajstić information content (AvgIpc) is 2.80. The van der Waals surface area contributed by atoms with Gasteiger partial charge in [-0.3, -0.25) is 9.59 Å². The predicted molar refractivity (Wildman–Crippen MR) is 111 cm³/mol. The number of methoxy groups -OCH3 is 5. The molecule has 0 fully saturated rings. The van der Waals surface area contributed by atoms with Crippen LogP contribution in [0.1, 0.15) is 6.42 Å². The first-order valence-electron chi connectivity index (χ1n) is 9.26.